The van der Waals surface area contributed by atoms with Gasteiger partial charge in [0.1, 0.15) is 17.5 Å². The number of nitrogens with zero attached hydrogens (tertiary/aromatic N) is 3. The van der Waals surface area contributed by atoms with Crippen LogP contribution in [0, 0.1) is 17.5 Å². The highest BCUT2D eigenvalue weighted by atomic mass is 19.1. The lowest BCUT2D eigenvalue weighted by molar-refractivity contribution is -0.117. The maximum absolute atomic E-state index is 13.7. The van der Waals surface area contributed by atoms with Crippen LogP contribution in [0.1, 0.15) is 24.7 Å². The van der Waals surface area contributed by atoms with E-state index in [0.717, 1.165) is 18.2 Å². The minimum atomic E-state index is -0.684. The minimum absolute atomic E-state index is 0.0617. The van der Waals surface area contributed by atoms with E-state index < -0.39 is 17.5 Å². The highest BCUT2D eigenvalue weighted by molar-refractivity contribution is 5.92. The van der Waals surface area contributed by atoms with Gasteiger partial charge in [0.2, 0.25) is 17.7 Å². The highest BCUT2D eigenvalue weighted by Gasteiger charge is 2.26. The largest absolute Gasteiger partial charge is 0.420 e. The third kappa shape index (κ3) is 4.68. The molecule has 0 saturated carbocycles. The molecule has 9 heteroatoms. The second kappa shape index (κ2) is 8.66. The fraction of sp³-hybridized carbons (Fsp3) is 0.286. The summed E-state index contributed by atoms with van der Waals surface area (Å²) in [5, 5.41) is 10.6. The fourth-order valence-electron chi connectivity index (χ4n) is 3.43. The van der Waals surface area contributed by atoms with Crippen LogP contribution in [0.5, 0.6) is 0 Å². The lowest BCUT2D eigenvalue weighted by Gasteiger charge is -2.29. The molecule has 1 aromatic heterocycles. The number of amides is 1. The molecule has 1 fully saturated rings. The maximum atomic E-state index is 13.7. The first-order chi connectivity index (χ1) is 14.5. The van der Waals surface area contributed by atoms with Crippen LogP contribution in [0.3, 0.4) is 0 Å². The second-order valence-corrected chi connectivity index (χ2v) is 7.18. The molecule has 3 aromatic rings. The summed E-state index contributed by atoms with van der Waals surface area (Å²) in [6.45, 7) is 1.32. The Morgan fingerprint density at radius 2 is 1.73 bits per heavy atom. The highest BCUT2D eigenvalue weighted by Crippen LogP contribution is 2.29. The zero-order valence-corrected chi connectivity index (χ0v) is 15.9. The topological polar surface area (TPSA) is 71.3 Å². The molecule has 4 rings (SSSR count). The number of hydrogen-bond donors (Lipinski definition) is 1. The summed E-state index contributed by atoms with van der Waals surface area (Å²) in [4.78, 5) is 14.1. The number of halogens is 3. The molecule has 0 atom stereocenters. The average Bonchev–Trinajstić information content (AvgIpc) is 3.22. The lowest BCUT2D eigenvalue weighted by Crippen LogP contribution is -2.38. The fourth-order valence-corrected chi connectivity index (χ4v) is 3.43. The molecule has 30 heavy (non-hydrogen) atoms. The van der Waals surface area contributed by atoms with E-state index in [1.807, 2.05) is 4.90 Å². The molecule has 1 N–H and O–H groups in total. The van der Waals surface area contributed by atoms with Crippen molar-refractivity contribution >= 4 is 11.6 Å². The van der Waals surface area contributed by atoms with E-state index in [1.54, 1.807) is 12.1 Å². The first kappa shape index (κ1) is 20.1. The quantitative estimate of drug-likeness (QED) is 0.682. The van der Waals surface area contributed by atoms with E-state index in [1.165, 1.54) is 12.1 Å². The van der Waals surface area contributed by atoms with Gasteiger partial charge in [0.05, 0.1) is 12.2 Å². The van der Waals surface area contributed by atoms with Gasteiger partial charge in [-0.3, -0.25) is 9.69 Å². The van der Waals surface area contributed by atoms with E-state index in [9.17, 15) is 18.0 Å². The van der Waals surface area contributed by atoms with Crippen molar-refractivity contribution in [2.24, 2.45) is 0 Å². The summed E-state index contributed by atoms with van der Waals surface area (Å²) in [5.41, 5.74) is 0.475. The van der Waals surface area contributed by atoms with Gasteiger partial charge < -0.3 is 9.73 Å². The maximum Gasteiger partial charge on any atom is 0.247 e. The van der Waals surface area contributed by atoms with Crippen LogP contribution >= 0.6 is 0 Å². The molecular weight excluding hydrogens is 397 g/mol. The Kier molecular flexibility index (Phi) is 5.80. The molecular formula is C21H19F3N4O2. The van der Waals surface area contributed by atoms with Gasteiger partial charge >= 0.3 is 0 Å². The zero-order valence-electron chi connectivity index (χ0n) is 15.9. The van der Waals surface area contributed by atoms with Gasteiger partial charge in [-0.25, -0.2) is 13.2 Å². The lowest BCUT2D eigenvalue weighted by atomic mass is 9.97. The number of rotatable bonds is 5. The molecule has 1 aliphatic rings. The minimum Gasteiger partial charge on any atom is -0.420 e. The van der Waals surface area contributed by atoms with Gasteiger partial charge in [-0.1, -0.05) is 0 Å². The number of piperidine rings is 1. The summed E-state index contributed by atoms with van der Waals surface area (Å²) in [6, 6.07) is 8.74. The van der Waals surface area contributed by atoms with Crippen LogP contribution in [0.15, 0.2) is 46.9 Å². The van der Waals surface area contributed by atoms with Crippen molar-refractivity contribution in [1.82, 2.24) is 15.1 Å². The molecule has 1 aliphatic heterocycles. The van der Waals surface area contributed by atoms with Crippen LogP contribution < -0.4 is 5.32 Å². The third-order valence-corrected chi connectivity index (χ3v) is 5.04. The van der Waals surface area contributed by atoms with Crippen LogP contribution in [0.2, 0.25) is 0 Å². The molecule has 156 valence electrons. The number of likely N-dealkylation sites (tertiary alicyclic amines) is 1. The Balaban J connectivity index is 1.30. The van der Waals surface area contributed by atoms with Crippen molar-refractivity contribution in [1.29, 1.82) is 0 Å². The van der Waals surface area contributed by atoms with Gasteiger partial charge in [-0.15, -0.1) is 10.2 Å². The Morgan fingerprint density at radius 1 is 1.03 bits per heavy atom. The Labute approximate surface area is 170 Å². The summed E-state index contributed by atoms with van der Waals surface area (Å²) in [5.74, 6) is -1.14. The molecule has 2 heterocycles. The zero-order chi connectivity index (χ0) is 21.1. The van der Waals surface area contributed by atoms with Crippen LogP contribution in [-0.4, -0.2) is 40.6 Å². The predicted molar refractivity (Wildman–Crippen MR) is 103 cm³/mol. The van der Waals surface area contributed by atoms with Crippen LogP contribution in [-0.2, 0) is 4.79 Å². The van der Waals surface area contributed by atoms with E-state index >= 15 is 0 Å². The number of hydrogen-bond acceptors (Lipinski definition) is 5. The van der Waals surface area contributed by atoms with E-state index in [2.05, 4.69) is 15.5 Å². The second-order valence-electron chi connectivity index (χ2n) is 7.18. The van der Waals surface area contributed by atoms with Gasteiger partial charge in [0, 0.05) is 17.5 Å². The number of carbonyl (C=O) groups excluding carboxylic acids is 1. The summed E-state index contributed by atoms with van der Waals surface area (Å²) in [7, 11) is 0. The first-order valence-electron chi connectivity index (χ1n) is 9.54. The van der Waals surface area contributed by atoms with Gasteiger partial charge in [0.15, 0.2) is 0 Å². The van der Waals surface area contributed by atoms with E-state index in [0.29, 0.717) is 43.3 Å². The number of carbonyl (C=O) groups is 1. The van der Waals surface area contributed by atoms with E-state index in [-0.39, 0.29) is 24.0 Å². The normalized spacial score (nSPS) is 15.3. The smallest absolute Gasteiger partial charge is 0.247 e. The summed E-state index contributed by atoms with van der Waals surface area (Å²) >= 11 is 0. The Bertz CT molecular complexity index is 1030. The van der Waals surface area contributed by atoms with E-state index in [4.69, 9.17) is 4.42 Å². The van der Waals surface area contributed by atoms with Gasteiger partial charge in [-0.2, -0.15) is 0 Å². The monoisotopic (exact) mass is 416 g/mol. The molecule has 1 amide bonds. The Hall–Kier alpha value is -3.20. The first-order valence-corrected chi connectivity index (χ1v) is 9.54. The molecule has 1 saturated heterocycles. The van der Waals surface area contributed by atoms with Crippen molar-refractivity contribution in [2.45, 2.75) is 18.8 Å². The van der Waals surface area contributed by atoms with Crippen molar-refractivity contribution in [3.63, 3.8) is 0 Å². The number of benzene rings is 2. The molecule has 0 bridgehead atoms. The van der Waals surface area contributed by atoms with Crippen molar-refractivity contribution in [3.05, 3.63) is 65.8 Å². The van der Waals surface area contributed by atoms with Crippen molar-refractivity contribution in [2.75, 3.05) is 25.0 Å². The standard InChI is InChI=1S/C21H19F3N4O2/c22-15-3-1-13(2-4-15)20-26-27-21(30-20)14-7-9-28(10-8-14)12-19(29)25-18-11-16(23)5-6-17(18)24/h1-6,11,14H,7-10,12H2,(H,25,29). The third-order valence-electron chi connectivity index (χ3n) is 5.04. The van der Waals surface area contributed by atoms with Crippen LogP contribution in [0.4, 0.5) is 18.9 Å². The molecule has 0 spiro atoms. The number of nitrogens with one attached hydrogen (secondary N) is 1. The number of aromatic nitrogens is 2. The number of anilines is 1. The molecule has 0 unspecified atom stereocenters. The molecule has 6 nitrogen and oxygen atoms in total. The summed E-state index contributed by atoms with van der Waals surface area (Å²) in [6.07, 6.45) is 1.43. The molecule has 0 radical (unpaired) electrons. The molecule has 2 aromatic carbocycles. The Morgan fingerprint density at radius 3 is 2.47 bits per heavy atom. The SMILES string of the molecule is O=C(CN1CCC(c2nnc(-c3ccc(F)cc3)o2)CC1)Nc1cc(F)ccc1F. The van der Waals surface area contributed by atoms with Crippen molar-refractivity contribution < 1.29 is 22.4 Å². The average molecular weight is 416 g/mol. The van der Waals surface area contributed by atoms with Crippen molar-refractivity contribution in [3.8, 4) is 11.5 Å². The van der Waals surface area contributed by atoms with Gasteiger partial charge in [-0.05, 0) is 62.3 Å². The predicted octanol–water partition coefficient (Wildman–Crippen LogP) is 3.97. The van der Waals surface area contributed by atoms with Gasteiger partial charge in [0.25, 0.3) is 0 Å². The summed E-state index contributed by atoms with van der Waals surface area (Å²) < 4.78 is 45.7. The van der Waals surface area contributed by atoms with Crippen LogP contribution in [0.25, 0.3) is 11.5 Å². The molecule has 0 aliphatic carbocycles.